The van der Waals surface area contributed by atoms with Crippen molar-refractivity contribution < 1.29 is 18.0 Å². The number of hydrogen-bond acceptors (Lipinski definition) is 7. The highest BCUT2D eigenvalue weighted by atomic mass is 32.2. The fourth-order valence-electron chi connectivity index (χ4n) is 3.57. The van der Waals surface area contributed by atoms with Gasteiger partial charge in [-0.25, -0.2) is 18.5 Å². The first-order valence-electron chi connectivity index (χ1n) is 9.64. The Balaban J connectivity index is 1.90. The van der Waals surface area contributed by atoms with Crippen LogP contribution in [0.3, 0.4) is 0 Å². The second-order valence-corrected chi connectivity index (χ2v) is 9.64. The van der Waals surface area contributed by atoms with Crippen LogP contribution in [0, 0.1) is 0 Å². The van der Waals surface area contributed by atoms with E-state index in [2.05, 4.69) is 15.3 Å². The molecule has 2 amide bonds. The Morgan fingerprint density at radius 3 is 2.55 bits per heavy atom. The molecule has 4 rings (SSSR count). The smallest absolute Gasteiger partial charge is 0.278 e. The lowest BCUT2D eigenvalue weighted by molar-refractivity contribution is -0.117. The average Bonchev–Trinajstić information content (AvgIpc) is 2.77. The number of primary sulfonamides is 1. The number of hydrogen-bond donors (Lipinski definition) is 3. The van der Waals surface area contributed by atoms with Crippen molar-refractivity contribution in [2.75, 3.05) is 16.5 Å². The van der Waals surface area contributed by atoms with Crippen molar-refractivity contribution in [2.24, 2.45) is 5.14 Å². The highest BCUT2D eigenvalue weighted by molar-refractivity contribution is 7.97. The van der Waals surface area contributed by atoms with Gasteiger partial charge in [-0.2, -0.15) is 11.8 Å². The van der Waals surface area contributed by atoms with Gasteiger partial charge in [0.25, 0.3) is 17.4 Å². The first-order chi connectivity index (χ1) is 15.7. The zero-order valence-corrected chi connectivity index (χ0v) is 18.9. The number of fused-ring (bicyclic) bond motifs is 1. The lowest BCUT2D eigenvalue weighted by atomic mass is 9.99. The number of aromatic nitrogens is 2. The average molecular weight is 486 g/mol. The highest BCUT2D eigenvalue weighted by Crippen LogP contribution is 2.40. The topological polar surface area (TPSA) is 155 Å². The number of H-pyrrole nitrogens is 1. The maximum Gasteiger partial charge on any atom is 0.278 e. The largest absolute Gasteiger partial charge is 0.322 e. The minimum Gasteiger partial charge on any atom is -0.322 e. The molecule has 1 aliphatic rings. The van der Waals surface area contributed by atoms with E-state index >= 15 is 0 Å². The fourth-order valence-corrected chi connectivity index (χ4v) is 4.52. The molecular formula is C21H19N5O5S2. The van der Waals surface area contributed by atoms with Gasteiger partial charge in [0.2, 0.25) is 10.0 Å². The predicted molar refractivity (Wildman–Crippen MR) is 125 cm³/mol. The summed E-state index contributed by atoms with van der Waals surface area (Å²) in [5.41, 5.74) is 0.231. The summed E-state index contributed by atoms with van der Waals surface area (Å²) in [4.78, 5) is 46.8. The van der Waals surface area contributed by atoms with Gasteiger partial charge in [0, 0.05) is 6.07 Å². The summed E-state index contributed by atoms with van der Waals surface area (Å²) in [6.07, 6.45) is 1.83. The number of amides is 2. The standard InChI is InChI=1S/C21H19N5O5S2/c1-32-11-17-23-15(10-18(27)25-17)21(29)26-16-8-7-13(33(22,30)31)9-14(16)24-20(28)19(26)12-5-3-2-4-6-12/h2-10,19H,11H2,1H3,(H,24,28)(H2,22,30,31)(H,23,25,27). The molecule has 0 aliphatic carbocycles. The van der Waals surface area contributed by atoms with Gasteiger partial charge in [0.05, 0.1) is 22.0 Å². The van der Waals surface area contributed by atoms with Crippen LogP contribution in [-0.2, 0) is 20.6 Å². The van der Waals surface area contributed by atoms with Crippen molar-refractivity contribution in [1.29, 1.82) is 0 Å². The van der Waals surface area contributed by atoms with Crippen LogP contribution < -0.4 is 20.9 Å². The summed E-state index contributed by atoms with van der Waals surface area (Å²) in [6, 6.07) is 12.4. The number of rotatable bonds is 5. The number of anilines is 2. The highest BCUT2D eigenvalue weighted by Gasteiger charge is 2.39. The van der Waals surface area contributed by atoms with Crippen LogP contribution in [0.4, 0.5) is 11.4 Å². The van der Waals surface area contributed by atoms with E-state index in [0.29, 0.717) is 17.1 Å². The summed E-state index contributed by atoms with van der Waals surface area (Å²) >= 11 is 1.42. The molecule has 12 heteroatoms. The molecule has 1 aromatic heterocycles. The Kier molecular flexibility index (Phi) is 6.06. The molecule has 0 fully saturated rings. The van der Waals surface area contributed by atoms with Crippen LogP contribution in [0.2, 0.25) is 0 Å². The quantitative estimate of drug-likeness (QED) is 0.496. The summed E-state index contributed by atoms with van der Waals surface area (Å²) < 4.78 is 23.6. The van der Waals surface area contributed by atoms with Gasteiger partial charge in [0.15, 0.2) is 0 Å². The number of nitrogens with one attached hydrogen (secondary N) is 2. The second-order valence-electron chi connectivity index (χ2n) is 7.21. The van der Waals surface area contributed by atoms with Crippen LogP contribution in [0.5, 0.6) is 0 Å². The molecule has 1 aliphatic heterocycles. The molecular weight excluding hydrogens is 466 g/mol. The van der Waals surface area contributed by atoms with Crippen molar-refractivity contribution in [3.8, 4) is 0 Å². The van der Waals surface area contributed by atoms with Gasteiger partial charge in [-0.1, -0.05) is 30.3 Å². The summed E-state index contributed by atoms with van der Waals surface area (Å²) in [5.74, 6) is -0.534. The van der Waals surface area contributed by atoms with E-state index in [1.165, 1.54) is 34.9 Å². The van der Waals surface area contributed by atoms with Gasteiger partial charge in [0.1, 0.15) is 17.6 Å². The van der Waals surface area contributed by atoms with Gasteiger partial charge in [-0.15, -0.1) is 0 Å². The molecule has 0 bridgehead atoms. The number of nitrogens with zero attached hydrogens (tertiary/aromatic N) is 2. The maximum atomic E-state index is 13.7. The Morgan fingerprint density at radius 2 is 1.88 bits per heavy atom. The molecule has 1 atom stereocenters. The third-order valence-corrected chi connectivity index (χ3v) is 6.42. The first kappa shape index (κ1) is 22.7. The number of thioether (sulfide) groups is 1. The maximum absolute atomic E-state index is 13.7. The number of aromatic amines is 1. The molecule has 2 aromatic carbocycles. The lowest BCUT2D eigenvalue weighted by Gasteiger charge is -2.36. The summed E-state index contributed by atoms with van der Waals surface area (Å²) in [6.45, 7) is 0. The number of benzene rings is 2. The molecule has 3 aromatic rings. The van der Waals surface area contributed by atoms with E-state index in [1.807, 2.05) is 6.26 Å². The monoisotopic (exact) mass is 485 g/mol. The molecule has 0 saturated heterocycles. The number of nitrogens with two attached hydrogens (primary N) is 1. The van der Waals surface area contributed by atoms with Crippen LogP contribution in [-0.4, -0.2) is 36.5 Å². The van der Waals surface area contributed by atoms with Crippen molar-refractivity contribution in [1.82, 2.24) is 9.97 Å². The molecule has 1 unspecified atom stereocenters. The summed E-state index contributed by atoms with van der Waals surface area (Å²) in [7, 11) is -4.04. The van der Waals surface area contributed by atoms with Crippen molar-refractivity contribution in [3.63, 3.8) is 0 Å². The van der Waals surface area contributed by atoms with Crippen LogP contribution in [0.1, 0.15) is 27.9 Å². The SMILES string of the molecule is CSCc1nc(C(=O)N2c3ccc(S(N)(=O)=O)cc3NC(=O)C2c2ccccc2)cc(=O)[nH]1. The minimum atomic E-state index is -4.04. The van der Waals surface area contributed by atoms with Crippen LogP contribution >= 0.6 is 11.8 Å². The van der Waals surface area contributed by atoms with Crippen molar-refractivity contribution in [3.05, 3.63) is 82.0 Å². The number of carbonyl (C=O) groups excluding carboxylic acids is 2. The molecule has 0 saturated carbocycles. The van der Waals surface area contributed by atoms with E-state index in [0.717, 1.165) is 6.07 Å². The van der Waals surface area contributed by atoms with Crippen LogP contribution in [0.25, 0.3) is 0 Å². The third-order valence-electron chi connectivity index (χ3n) is 4.95. The molecule has 33 heavy (non-hydrogen) atoms. The molecule has 10 nitrogen and oxygen atoms in total. The van der Waals surface area contributed by atoms with E-state index in [-0.39, 0.29) is 22.0 Å². The Bertz CT molecular complexity index is 1410. The van der Waals surface area contributed by atoms with Gasteiger partial charge in [-0.05, 0) is 30.0 Å². The summed E-state index contributed by atoms with van der Waals surface area (Å²) in [5, 5.41) is 7.87. The number of carbonyl (C=O) groups is 2. The van der Waals surface area contributed by atoms with E-state index in [4.69, 9.17) is 5.14 Å². The zero-order valence-electron chi connectivity index (χ0n) is 17.3. The normalized spacial score (nSPS) is 15.6. The first-order valence-corrected chi connectivity index (χ1v) is 12.6. The Morgan fingerprint density at radius 1 is 1.15 bits per heavy atom. The Hall–Kier alpha value is -3.48. The molecule has 0 spiro atoms. The lowest BCUT2D eigenvalue weighted by Crippen LogP contribution is -2.45. The molecule has 170 valence electrons. The van der Waals surface area contributed by atoms with E-state index in [1.54, 1.807) is 30.3 Å². The van der Waals surface area contributed by atoms with Crippen molar-refractivity contribution in [2.45, 2.75) is 16.7 Å². The minimum absolute atomic E-state index is 0.0984. The predicted octanol–water partition coefficient (Wildman–Crippen LogP) is 1.62. The number of sulfonamides is 1. The molecule has 2 heterocycles. The zero-order chi connectivity index (χ0) is 23.8. The van der Waals surface area contributed by atoms with Crippen LogP contribution in [0.15, 0.2) is 64.3 Å². The fraction of sp³-hybridized carbons (Fsp3) is 0.143. The Labute approximate surface area is 193 Å². The third kappa shape index (κ3) is 4.53. The van der Waals surface area contributed by atoms with E-state index < -0.39 is 33.4 Å². The van der Waals surface area contributed by atoms with E-state index in [9.17, 15) is 22.8 Å². The van der Waals surface area contributed by atoms with Gasteiger partial charge in [-0.3, -0.25) is 19.3 Å². The van der Waals surface area contributed by atoms with Crippen molar-refractivity contribution >= 4 is 45.0 Å². The molecule has 4 N–H and O–H groups in total. The van der Waals surface area contributed by atoms with Gasteiger partial charge >= 0.3 is 0 Å². The van der Waals surface area contributed by atoms with Gasteiger partial charge < -0.3 is 10.3 Å². The molecule has 0 radical (unpaired) electrons. The second kappa shape index (κ2) is 8.81.